The zero-order chi connectivity index (χ0) is 30.0. The lowest BCUT2D eigenvalue weighted by Crippen LogP contribution is -2.06. The van der Waals surface area contributed by atoms with E-state index >= 15 is 0 Å². The van der Waals surface area contributed by atoms with E-state index in [1.807, 2.05) is 0 Å². The van der Waals surface area contributed by atoms with Crippen molar-refractivity contribution in [2.45, 2.75) is 34.6 Å². The second kappa shape index (κ2) is 7.80. The monoisotopic (exact) mass is 595 g/mol. The summed E-state index contributed by atoms with van der Waals surface area (Å²) in [5.41, 5.74) is 18.6. The predicted octanol–water partition coefficient (Wildman–Crippen LogP) is 11.7. The molecule has 214 valence electrons. The van der Waals surface area contributed by atoms with Crippen molar-refractivity contribution in [3.63, 3.8) is 0 Å². The number of hydrogen-bond acceptors (Lipinski definition) is 0. The zero-order valence-corrected chi connectivity index (χ0v) is 26.8. The molecule has 0 amide bonds. The summed E-state index contributed by atoms with van der Waals surface area (Å²) in [6.07, 6.45) is 0. The summed E-state index contributed by atoms with van der Waals surface area (Å²) >= 11 is 0. The average Bonchev–Trinajstić information content (AvgIpc) is 3.53. The van der Waals surface area contributed by atoms with Gasteiger partial charge < -0.3 is 13.4 Å². The molecule has 1 unspecified atom stereocenters. The van der Waals surface area contributed by atoms with E-state index in [1.165, 1.54) is 115 Å². The molecule has 45 heavy (non-hydrogen) atoms. The molecule has 4 heteroatoms. The van der Waals surface area contributed by atoms with E-state index < -0.39 is 7.53 Å². The molecular formula is C41H30N3P. The number of nitrogens with zero attached hydrogens (tertiary/aromatic N) is 3. The van der Waals surface area contributed by atoms with Gasteiger partial charge in [0, 0.05) is 42.8 Å². The van der Waals surface area contributed by atoms with Gasteiger partial charge in [0.1, 0.15) is 0 Å². The fourth-order valence-corrected chi connectivity index (χ4v) is 12.1. The molecule has 0 bridgehead atoms. The number of aryl methyl sites for hydroxylation is 5. The highest BCUT2D eigenvalue weighted by molar-refractivity contribution is 7.69. The second-order valence-corrected chi connectivity index (χ2v) is 15.4. The van der Waals surface area contributed by atoms with Gasteiger partial charge in [-0.05, 0) is 100 Å². The Bertz CT molecular complexity index is 3010. The lowest BCUT2D eigenvalue weighted by atomic mass is 10.1. The third-order valence-corrected chi connectivity index (χ3v) is 13.3. The summed E-state index contributed by atoms with van der Waals surface area (Å²) in [4.78, 5) is 0. The van der Waals surface area contributed by atoms with Gasteiger partial charge in [-0.2, -0.15) is 0 Å². The summed E-state index contributed by atoms with van der Waals surface area (Å²) in [6.45, 7) is 11.3. The number of fused-ring (bicyclic) bond motifs is 8. The molecule has 0 saturated carbocycles. The fraction of sp³-hybridized carbons (Fsp3) is 0.122. The zero-order valence-electron chi connectivity index (χ0n) is 25.9. The third kappa shape index (κ3) is 2.69. The maximum atomic E-state index is 2.63. The van der Waals surface area contributed by atoms with Crippen LogP contribution in [0.5, 0.6) is 0 Å². The van der Waals surface area contributed by atoms with Crippen LogP contribution in [0.1, 0.15) is 27.8 Å². The van der Waals surface area contributed by atoms with Crippen LogP contribution in [0.15, 0.2) is 91.0 Å². The molecular weight excluding hydrogens is 565 g/mol. The van der Waals surface area contributed by atoms with Crippen molar-refractivity contribution < 1.29 is 0 Å². The first kappa shape index (κ1) is 24.4. The summed E-state index contributed by atoms with van der Waals surface area (Å²) in [5, 5.41) is 9.97. The molecule has 3 nitrogen and oxygen atoms in total. The van der Waals surface area contributed by atoms with E-state index in [1.54, 1.807) is 0 Å². The minimum Gasteiger partial charge on any atom is -0.308 e. The standard InChI is InChI=1S/C41H30N3P/c1-21-6-11-26(12-7-21)42-33-17-13-27-28-18-22(2)8-14-31(28)43-34-16-10-24(4)35-39(34)45(40(33)37(27)43)41-36(42)25(5)20-30-29-19-23(3)9-15-32(29)44(35)38(30)41/h6-20H,1-5H3. The van der Waals surface area contributed by atoms with Crippen LogP contribution >= 0.6 is 7.53 Å². The van der Waals surface area contributed by atoms with Gasteiger partial charge in [0.25, 0.3) is 0 Å². The van der Waals surface area contributed by atoms with Crippen molar-refractivity contribution in [3.05, 3.63) is 119 Å². The number of benzene rings is 6. The third-order valence-electron chi connectivity index (χ3n) is 10.6. The number of rotatable bonds is 1. The Morgan fingerprint density at radius 3 is 1.80 bits per heavy atom. The Labute approximate surface area is 260 Å². The molecule has 0 radical (unpaired) electrons. The SMILES string of the molecule is Cc1ccc(-n2c3ccc4c5cc(C)ccc5n5c6ccc(C)c7c6-p(c3c45)c3c2c(C)cc2c4cc(C)ccc4n7c23)cc1. The molecule has 3 aromatic heterocycles. The maximum Gasteiger partial charge on any atom is 0.0678 e. The number of aromatic nitrogens is 3. The molecule has 5 heterocycles. The van der Waals surface area contributed by atoms with Crippen molar-refractivity contribution in [3.8, 4) is 11.0 Å². The molecule has 0 spiro atoms. The minimum atomic E-state index is -0.810. The molecule has 0 fully saturated rings. The lowest BCUT2D eigenvalue weighted by Gasteiger charge is -2.29. The van der Waals surface area contributed by atoms with Gasteiger partial charge in [0.2, 0.25) is 0 Å². The van der Waals surface area contributed by atoms with Crippen molar-refractivity contribution in [1.82, 2.24) is 13.4 Å². The Hall–Kier alpha value is -4.98. The van der Waals surface area contributed by atoms with Gasteiger partial charge >= 0.3 is 0 Å². The molecule has 2 aliphatic rings. The molecule has 9 aromatic rings. The highest BCUT2D eigenvalue weighted by Crippen LogP contribution is 2.64. The molecule has 0 N–H and O–H groups in total. The first-order valence-corrected chi connectivity index (χ1v) is 17.2. The second-order valence-electron chi connectivity index (χ2n) is 13.4. The average molecular weight is 596 g/mol. The van der Waals surface area contributed by atoms with Crippen molar-refractivity contribution in [2.75, 3.05) is 0 Å². The predicted molar refractivity (Wildman–Crippen MR) is 194 cm³/mol. The lowest BCUT2D eigenvalue weighted by molar-refractivity contribution is 1.15. The molecule has 2 aliphatic heterocycles. The summed E-state index contributed by atoms with van der Waals surface area (Å²) in [5.74, 6) is 0. The molecule has 11 rings (SSSR count). The minimum absolute atomic E-state index is 0.810. The van der Waals surface area contributed by atoms with Crippen LogP contribution in [0.25, 0.3) is 86.9 Å². The molecule has 0 aliphatic carbocycles. The summed E-state index contributed by atoms with van der Waals surface area (Å²) in [6, 6.07) is 35.2. The van der Waals surface area contributed by atoms with Gasteiger partial charge in [-0.15, -0.1) is 0 Å². The quantitative estimate of drug-likeness (QED) is 0.132. The molecule has 0 saturated heterocycles. The van der Waals surface area contributed by atoms with E-state index in [2.05, 4.69) is 139 Å². The highest BCUT2D eigenvalue weighted by atomic mass is 31.1. The van der Waals surface area contributed by atoms with Crippen LogP contribution in [0.3, 0.4) is 0 Å². The van der Waals surface area contributed by atoms with Crippen molar-refractivity contribution in [1.29, 1.82) is 0 Å². The maximum absolute atomic E-state index is 2.63. The topological polar surface area (TPSA) is 13.8 Å². The fourth-order valence-electron chi connectivity index (χ4n) is 8.73. The first-order valence-electron chi connectivity index (χ1n) is 15.9. The van der Waals surface area contributed by atoms with E-state index in [-0.39, 0.29) is 0 Å². The Kier molecular flexibility index (Phi) is 4.22. The van der Waals surface area contributed by atoms with Gasteiger partial charge in [-0.3, -0.25) is 0 Å². The van der Waals surface area contributed by atoms with Crippen LogP contribution in [0, 0.1) is 34.6 Å². The van der Waals surface area contributed by atoms with E-state index in [9.17, 15) is 0 Å². The van der Waals surface area contributed by atoms with Crippen LogP contribution < -0.4 is 0 Å². The van der Waals surface area contributed by atoms with Gasteiger partial charge in [-0.25, -0.2) is 0 Å². The van der Waals surface area contributed by atoms with E-state index in [0.717, 1.165) is 0 Å². The smallest absolute Gasteiger partial charge is 0.0678 e. The van der Waals surface area contributed by atoms with Gasteiger partial charge in [-0.1, -0.05) is 60.6 Å². The number of hydrogen-bond donors (Lipinski definition) is 0. The summed E-state index contributed by atoms with van der Waals surface area (Å²) < 4.78 is 7.82. The van der Waals surface area contributed by atoms with Crippen LogP contribution in [0.4, 0.5) is 0 Å². The van der Waals surface area contributed by atoms with Gasteiger partial charge in [0.15, 0.2) is 0 Å². The van der Waals surface area contributed by atoms with Gasteiger partial charge in [0.05, 0.1) is 44.1 Å². The van der Waals surface area contributed by atoms with E-state index in [4.69, 9.17) is 0 Å². The van der Waals surface area contributed by atoms with E-state index in [0.29, 0.717) is 0 Å². The Morgan fingerprint density at radius 1 is 0.422 bits per heavy atom. The Balaban J connectivity index is 1.59. The first-order chi connectivity index (χ1) is 21.9. The van der Waals surface area contributed by atoms with Crippen molar-refractivity contribution in [2.24, 2.45) is 0 Å². The largest absolute Gasteiger partial charge is 0.308 e. The van der Waals surface area contributed by atoms with Crippen LogP contribution in [-0.4, -0.2) is 13.4 Å². The van der Waals surface area contributed by atoms with Crippen LogP contribution in [0.2, 0.25) is 0 Å². The normalized spacial score (nSPS) is 13.4. The molecule has 1 atom stereocenters. The van der Waals surface area contributed by atoms with Crippen molar-refractivity contribution >= 4 is 83.4 Å². The summed E-state index contributed by atoms with van der Waals surface area (Å²) in [7, 11) is -0.810. The Morgan fingerprint density at radius 2 is 1.04 bits per heavy atom. The van der Waals surface area contributed by atoms with Crippen LogP contribution in [-0.2, 0) is 0 Å². The molecule has 6 aromatic carbocycles. The highest BCUT2D eigenvalue weighted by Gasteiger charge is 2.32.